The fourth-order valence-electron chi connectivity index (χ4n) is 1.96. The first-order valence-corrected chi connectivity index (χ1v) is 5.88. The molecule has 3 nitrogen and oxygen atoms in total. The molecule has 4 heteroatoms. The standard InChI is InChI=1S/C11H20N2OS/c1-9(14)8-11(2,3)12-10(15)13-6-4-5-7-13/h4-8H2,1-3H3,(H,12,15). The molecule has 86 valence electrons. The van der Waals surface area contributed by atoms with Gasteiger partial charge in [0, 0.05) is 25.0 Å². The molecule has 1 fully saturated rings. The van der Waals surface area contributed by atoms with Crippen molar-refractivity contribution in [3.63, 3.8) is 0 Å². The molecule has 15 heavy (non-hydrogen) atoms. The predicted molar refractivity (Wildman–Crippen MR) is 65.9 cm³/mol. The Balaban J connectivity index is 2.44. The van der Waals surface area contributed by atoms with Crippen LogP contribution in [0.3, 0.4) is 0 Å². The number of hydrogen-bond acceptors (Lipinski definition) is 2. The summed E-state index contributed by atoms with van der Waals surface area (Å²) in [6.45, 7) is 7.72. The number of nitrogens with one attached hydrogen (secondary N) is 1. The molecule has 0 aromatic carbocycles. The number of Topliss-reactive ketones (excluding diaryl/α,β-unsaturated/α-hetero) is 1. The lowest BCUT2D eigenvalue weighted by atomic mass is 9.99. The summed E-state index contributed by atoms with van der Waals surface area (Å²) in [5, 5.41) is 4.06. The number of hydrogen-bond donors (Lipinski definition) is 1. The van der Waals surface area contributed by atoms with E-state index in [1.807, 2.05) is 13.8 Å². The van der Waals surface area contributed by atoms with Crippen molar-refractivity contribution in [1.82, 2.24) is 10.2 Å². The second-order valence-corrected chi connectivity index (χ2v) is 5.27. The molecular weight excluding hydrogens is 208 g/mol. The zero-order chi connectivity index (χ0) is 11.5. The Bertz CT molecular complexity index is 257. The summed E-state index contributed by atoms with van der Waals surface area (Å²) in [5.41, 5.74) is -0.231. The first-order valence-electron chi connectivity index (χ1n) is 5.47. The van der Waals surface area contributed by atoms with Gasteiger partial charge in [0.15, 0.2) is 5.11 Å². The second kappa shape index (κ2) is 4.92. The average Bonchev–Trinajstić information content (AvgIpc) is 2.50. The van der Waals surface area contributed by atoms with E-state index in [0.29, 0.717) is 6.42 Å². The number of ketones is 1. The molecule has 0 bridgehead atoms. The molecule has 0 unspecified atom stereocenters. The van der Waals surface area contributed by atoms with Crippen LogP contribution in [0.2, 0.25) is 0 Å². The van der Waals surface area contributed by atoms with Crippen LogP contribution in [-0.2, 0) is 4.79 Å². The number of carbonyl (C=O) groups is 1. The Labute approximate surface area is 97.2 Å². The molecule has 0 spiro atoms. The molecule has 0 aromatic rings. The van der Waals surface area contributed by atoms with E-state index in [1.165, 1.54) is 12.8 Å². The molecule has 0 radical (unpaired) electrons. The van der Waals surface area contributed by atoms with Crippen molar-refractivity contribution in [2.75, 3.05) is 13.1 Å². The van der Waals surface area contributed by atoms with E-state index in [4.69, 9.17) is 12.2 Å². The van der Waals surface area contributed by atoms with Crippen molar-refractivity contribution in [3.05, 3.63) is 0 Å². The third-order valence-electron chi connectivity index (χ3n) is 2.53. The quantitative estimate of drug-likeness (QED) is 0.745. The molecule has 1 N–H and O–H groups in total. The summed E-state index contributed by atoms with van der Waals surface area (Å²) in [4.78, 5) is 13.2. The van der Waals surface area contributed by atoms with Gasteiger partial charge in [0.2, 0.25) is 0 Å². The number of carbonyl (C=O) groups excluding carboxylic acids is 1. The summed E-state index contributed by atoms with van der Waals surface area (Å²) >= 11 is 5.32. The van der Waals surface area contributed by atoms with E-state index in [1.54, 1.807) is 6.92 Å². The monoisotopic (exact) mass is 228 g/mol. The largest absolute Gasteiger partial charge is 0.357 e. The number of nitrogens with zero attached hydrogens (tertiary/aromatic N) is 1. The van der Waals surface area contributed by atoms with Gasteiger partial charge in [0.05, 0.1) is 0 Å². The molecule has 1 saturated heterocycles. The lowest BCUT2D eigenvalue weighted by molar-refractivity contribution is -0.118. The van der Waals surface area contributed by atoms with Crippen LogP contribution in [0, 0.1) is 0 Å². The Morgan fingerprint density at radius 2 is 1.93 bits per heavy atom. The van der Waals surface area contributed by atoms with E-state index in [2.05, 4.69) is 10.2 Å². The van der Waals surface area contributed by atoms with Crippen LogP contribution in [0.4, 0.5) is 0 Å². The van der Waals surface area contributed by atoms with Crippen LogP contribution in [0.5, 0.6) is 0 Å². The highest BCUT2D eigenvalue weighted by Gasteiger charge is 2.24. The zero-order valence-electron chi connectivity index (χ0n) is 9.80. The fraction of sp³-hybridized carbons (Fsp3) is 0.818. The Kier molecular flexibility index (Phi) is 4.08. The summed E-state index contributed by atoms with van der Waals surface area (Å²) in [6, 6.07) is 0. The molecule has 0 aliphatic carbocycles. The summed E-state index contributed by atoms with van der Waals surface area (Å²) in [6.07, 6.45) is 2.95. The van der Waals surface area contributed by atoms with E-state index >= 15 is 0 Å². The van der Waals surface area contributed by atoms with Crippen molar-refractivity contribution in [3.8, 4) is 0 Å². The van der Waals surface area contributed by atoms with Crippen molar-refractivity contribution >= 4 is 23.1 Å². The lowest BCUT2D eigenvalue weighted by Crippen LogP contribution is -2.49. The van der Waals surface area contributed by atoms with E-state index < -0.39 is 0 Å². The molecule has 0 aromatic heterocycles. The summed E-state index contributed by atoms with van der Waals surface area (Å²) < 4.78 is 0. The third-order valence-corrected chi connectivity index (χ3v) is 2.89. The van der Waals surface area contributed by atoms with Crippen molar-refractivity contribution in [2.45, 2.75) is 45.6 Å². The van der Waals surface area contributed by atoms with Crippen LogP contribution in [-0.4, -0.2) is 34.4 Å². The van der Waals surface area contributed by atoms with Gasteiger partial charge in [-0.2, -0.15) is 0 Å². The van der Waals surface area contributed by atoms with Gasteiger partial charge in [0.1, 0.15) is 5.78 Å². The van der Waals surface area contributed by atoms with Crippen LogP contribution in [0.25, 0.3) is 0 Å². The first kappa shape index (κ1) is 12.4. The third kappa shape index (κ3) is 4.16. The highest BCUT2D eigenvalue weighted by molar-refractivity contribution is 7.80. The van der Waals surface area contributed by atoms with Crippen molar-refractivity contribution in [2.24, 2.45) is 0 Å². The number of thiocarbonyl (C=S) groups is 1. The fourth-order valence-corrected chi connectivity index (χ4v) is 2.41. The first-order chi connectivity index (χ1) is 6.91. The topological polar surface area (TPSA) is 32.3 Å². The van der Waals surface area contributed by atoms with Gasteiger partial charge < -0.3 is 10.2 Å². The van der Waals surface area contributed by atoms with Crippen LogP contribution >= 0.6 is 12.2 Å². The van der Waals surface area contributed by atoms with Gasteiger partial charge in [-0.3, -0.25) is 4.79 Å². The van der Waals surface area contributed by atoms with Gasteiger partial charge in [-0.25, -0.2) is 0 Å². The smallest absolute Gasteiger partial charge is 0.169 e. The molecule has 1 rings (SSSR count). The van der Waals surface area contributed by atoms with E-state index in [0.717, 1.165) is 18.2 Å². The normalized spacial score (nSPS) is 16.6. The predicted octanol–water partition coefficient (Wildman–Crippen LogP) is 1.71. The van der Waals surface area contributed by atoms with E-state index in [9.17, 15) is 4.79 Å². The van der Waals surface area contributed by atoms with Crippen molar-refractivity contribution < 1.29 is 4.79 Å². The number of rotatable bonds is 3. The van der Waals surface area contributed by atoms with Crippen molar-refractivity contribution in [1.29, 1.82) is 0 Å². The average molecular weight is 228 g/mol. The lowest BCUT2D eigenvalue weighted by Gasteiger charge is -2.30. The number of likely N-dealkylation sites (tertiary alicyclic amines) is 1. The maximum absolute atomic E-state index is 11.1. The second-order valence-electron chi connectivity index (χ2n) is 4.89. The Morgan fingerprint density at radius 3 is 2.40 bits per heavy atom. The van der Waals surface area contributed by atoms with Gasteiger partial charge in [-0.05, 0) is 45.8 Å². The molecular formula is C11H20N2OS. The van der Waals surface area contributed by atoms with Gasteiger partial charge >= 0.3 is 0 Å². The summed E-state index contributed by atoms with van der Waals surface area (Å²) in [7, 11) is 0. The Hall–Kier alpha value is -0.640. The molecule has 0 saturated carbocycles. The minimum absolute atomic E-state index is 0.191. The summed E-state index contributed by atoms with van der Waals surface area (Å²) in [5.74, 6) is 0.191. The van der Waals surface area contributed by atoms with Gasteiger partial charge in [-0.1, -0.05) is 0 Å². The maximum atomic E-state index is 11.1. The SMILES string of the molecule is CC(=O)CC(C)(C)NC(=S)N1CCCC1. The van der Waals surface area contributed by atoms with Crippen LogP contribution in [0.15, 0.2) is 0 Å². The highest BCUT2D eigenvalue weighted by Crippen LogP contribution is 2.12. The zero-order valence-corrected chi connectivity index (χ0v) is 10.6. The molecule has 1 aliphatic heterocycles. The Morgan fingerprint density at radius 1 is 1.40 bits per heavy atom. The van der Waals surface area contributed by atoms with Crippen LogP contribution < -0.4 is 5.32 Å². The van der Waals surface area contributed by atoms with Gasteiger partial charge in [0.25, 0.3) is 0 Å². The molecule has 0 atom stereocenters. The van der Waals surface area contributed by atoms with Crippen LogP contribution in [0.1, 0.15) is 40.0 Å². The molecule has 1 aliphatic rings. The van der Waals surface area contributed by atoms with Gasteiger partial charge in [-0.15, -0.1) is 0 Å². The highest BCUT2D eigenvalue weighted by atomic mass is 32.1. The molecule has 1 heterocycles. The van der Waals surface area contributed by atoms with E-state index in [-0.39, 0.29) is 11.3 Å². The maximum Gasteiger partial charge on any atom is 0.169 e. The minimum atomic E-state index is -0.231. The molecule has 0 amide bonds. The minimum Gasteiger partial charge on any atom is -0.357 e.